The number of amides is 1. The summed E-state index contributed by atoms with van der Waals surface area (Å²) in [5.74, 6) is 1.01. The number of benzene rings is 1. The van der Waals surface area contributed by atoms with Crippen molar-refractivity contribution in [1.29, 1.82) is 0 Å². The van der Waals surface area contributed by atoms with Crippen LogP contribution in [0.25, 0.3) is 11.4 Å². The molecule has 0 aliphatic heterocycles. The number of aromatic amines is 1. The van der Waals surface area contributed by atoms with Gasteiger partial charge in [-0.25, -0.2) is 0 Å². The Labute approximate surface area is 153 Å². The topological polar surface area (TPSA) is 97.0 Å². The van der Waals surface area contributed by atoms with E-state index in [1.165, 1.54) is 0 Å². The van der Waals surface area contributed by atoms with E-state index in [1.807, 2.05) is 45.0 Å². The van der Waals surface area contributed by atoms with E-state index < -0.39 is 0 Å². The number of rotatable bonds is 9. The molecule has 1 heterocycles. The molecule has 1 aromatic heterocycles. The number of carbonyl (C=O) groups excluding carboxylic acids is 1. The highest BCUT2D eigenvalue weighted by molar-refractivity contribution is 5.76. The van der Waals surface area contributed by atoms with Gasteiger partial charge in [0.05, 0.1) is 6.61 Å². The fourth-order valence-electron chi connectivity index (χ4n) is 2.29. The number of ether oxygens (including phenoxy) is 1. The van der Waals surface area contributed by atoms with Gasteiger partial charge in [-0.2, -0.15) is 0 Å². The molecular formula is C19H26N4O3. The van der Waals surface area contributed by atoms with Gasteiger partial charge >= 0.3 is 0 Å². The van der Waals surface area contributed by atoms with Crippen molar-refractivity contribution >= 4 is 5.91 Å². The van der Waals surface area contributed by atoms with E-state index in [0.717, 1.165) is 24.2 Å². The minimum Gasteiger partial charge on any atom is -0.494 e. The van der Waals surface area contributed by atoms with E-state index >= 15 is 0 Å². The third-order valence-electron chi connectivity index (χ3n) is 3.95. The number of aromatic nitrogens is 3. The number of aryl methyl sites for hydroxylation is 1. The molecule has 0 aliphatic rings. The molecule has 2 aromatic rings. The maximum Gasteiger partial charge on any atom is 0.273 e. The number of H-pyrrole nitrogens is 1. The van der Waals surface area contributed by atoms with Crippen LogP contribution in [0.5, 0.6) is 5.75 Å². The van der Waals surface area contributed by atoms with Gasteiger partial charge in [0.2, 0.25) is 5.91 Å². The first-order valence-electron chi connectivity index (χ1n) is 9.02. The summed E-state index contributed by atoms with van der Waals surface area (Å²) in [6, 6.07) is 7.46. The quantitative estimate of drug-likeness (QED) is 0.718. The van der Waals surface area contributed by atoms with Gasteiger partial charge in [0.15, 0.2) is 5.82 Å². The van der Waals surface area contributed by atoms with Crippen molar-refractivity contribution in [2.24, 2.45) is 0 Å². The minimum atomic E-state index is -0.328. The Morgan fingerprint density at radius 2 is 2.12 bits per heavy atom. The predicted molar refractivity (Wildman–Crippen MR) is 100 cm³/mol. The molecule has 0 unspecified atom stereocenters. The van der Waals surface area contributed by atoms with E-state index in [9.17, 15) is 9.59 Å². The van der Waals surface area contributed by atoms with Crippen molar-refractivity contribution in [3.8, 4) is 17.1 Å². The summed E-state index contributed by atoms with van der Waals surface area (Å²) in [5.41, 5.74) is 0.655. The predicted octanol–water partition coefficient (Wildman–Crippen LogP) is 2.47. The molecule has 2 rings (SSSR count). The third kappa shape index (κ3) is 5.68. The fraction of sp³-hybridized carbons (Fsp3) is 0.474. The van der Waals surface area contributed by atoms with E-state index in [4.69, 9.17) is 4.74 Å². The molecule has 1 amide bonds. The molecule has 0 spiro atoms. The van der Waals surface area contributed by atoms with Gasteiger partial charge in [-0.1, -0.05) is 26.0 Å². The average Bonchev–Trinajstić information content (AvgIpc) is 2.65. The minimum absolute atomic E-state index is 0.0922. The van der Waals surface area contributed by atoms with Crippen LogP contribution in [-0.2, 0) is 11.2 Å². The summed E-state index contributed by atoms with van der Waals surface area (Å²) < 4.78 is 5.59. The monoisotopic (exact) mass is 358 g/mol. The van der Waals surface area contributed by atoms with Gasteiger partial charge in [-0.15, -0.1) is 10.2 Å². The van der Waals surface area contributed by atoms with Crippen LogP contribution >= 0.6 is 0 Å². The second-order valence-electron chi connectivity index (χ2n) is 6.20. The summed E-state index contributed by atoms with van der Waals surface area (Å²) in [7, 11) is 0. The zero-order valence-corrected chi connectivity index (χ0v) is 15.5. The highest BCUT2D eigenvalue weighted by Gasteiger charge is 2.11. The lowest BCUT2D eigenvalue weighted by atomic mass is 10.2. The molecule has 1 atom stereocenters. The first-order valence-corrected chi connectivity index (χ1v) is 9.02. The third-order valence-corrected chi connectivity index (χ3v) is 3.95. The standard InChI is InChI=1S/C19H26N4O3/c1-4-11-26-15-8-6-7-14(12-15)18-21-19(25)16(22-23-18)9-10-17(24)20-13(3)5-2/h6-8,12-13H,4-5,9-11H2,1-3H3,(H,20,24)(H,21,23,25)/t13-/m0/s1. The van der Waals surface area contributed by atoms with Crippen LogP contribution in [0.3, 0.4) is 0 Å². The van der Waals surface area contributed by atoms with Crippen LogP contribution in [0.2, 0.25) is 0 Å². The van der Waals surface area contributed by atoms with Crippen molar-refractivity contribution in [1.82, 2.24) is 20.5 Å². The SMILES string of the molecule is CCCOc1cccc(-c2nnc(CCC(=O)N[C@@H](C)CC)c(=O)[nH]2)c1. The van der Waals surface area contributed by atoms with Crippen LogP contribution in [0.15, 0.2) is 29.1 Å². The summed E-state index contributed by atoms with van der Waals surface area (Å²) in [5, 5.41) is 11.0. The Kier molecular flexibility index (Phi) is 7.32. The van der Waals surface area contributed by atoms with Crippen LogP contribution in [0.1, 0.15) is 45.7 Å². The molecule has 7 nitrogen and oxygen atoms in total. The average molecular weight is 358 g/mol. The molecule has 26 heavy (non-hydrogen) atoms. The summed E-state index contributed by atoms with van der Waals surface area (Å²) in [6.07, 6.45) is 2.24. The Morgan fingerprint density at radius 3 is 2.81 bits per heavy atom. The van der Waals surface area contributed by atoms with Gasteiger partial charge in [-0.05, 0) is 31.9 Å². The van der Waals surface area contributed by atoms with Gasteiger partial charge in [0.1, 0.15) is 11.4 Å². The lowest BCUT2D eigenvalue weighted by molar-refractivity contribution is -0.121. The molecule has 0 saturated carbocycles. The second-order valence-corrected chi connectivity index (χ2v) is 6.20. The first kappa shape index (κ1) is 19.6. The molecule has 1 aromatic carbocycles. The van der Waals surface area contributed by atoms with Crippen molar-refractivity contribution in [2.75, 3.05) is 6.61 Å². The Bertz CT molecular complexity index is 788. The Hall–Kier alpha value is -2.70. The molecule has 0 radical (unpaired) electrons. The summed E-state index contributed by atoms with van der Waals surface area (Å²) in [4.78, 5) is 26.8. The van der Waals surface area contributed by atoms with Crippen LogP contribution in [-0.4, -0.2) is 33.7 Å². The molecule has 0 bridgehead atoms. The van der Waals surface area contributed by atoms with Crippen LogP contribution < -0.4 is 15.6 Å². The molecule has 7 heteroatoms. The van der Waals surface area contributed by atoms with Crippen molar-refractivity contribution in [2.45, 2.75) is 52.5 Å². The van der Waals surface area contributed by atoms with Crippen LogP contribution in [0, 0.1) is 0 Å². The summed E-state index contributed by atoms with van der Waals surface area (Å²) >= 11 is 0. The first-order chi connectivity index (χ1) is 12.5. The van der Waals surface area contributed by atoms with E-state index in [1.54, 1.807) is 0 Å². The number of nitrogens with zero attached hydrogens (tertiary/aromatic N) is 2. The zero-order chi connectivity index (χ0) is 18.9. The van der Waals surface area contributed by atoms with Gasteiger partial charge in [-0.3, -0.25) is 9.59 Å². The molecule has 0 fully saturated rings. The second kappa shape index (κ2) is 9.70. The lowest BCUT2D eigenvalue weighted by Crippen LogP contribution is -2.32. The number of carbonyl (C=O) groups is 1. The number of hydrogen-bond donors (Lipinski definition) is 2. The Morgan fingerprint density at radius 1 is 1.31 bits per heavy atom. The lowest BCUT2D eigenvalue weighted by Gasteiger charge is -2.10. The molecule has 0 saturated heterocycles. The van der Waals surface area contributed by atoms with Gasteiger partial charge in [0.25, 0.3) is 5.56 Å². The maximum absolute atomic E-state index is 12.2. The number of hydrogen-bond acceptors (Lipinski definition) is 5. The highest BCUT2D eigenvalue weighted by atomic mass is 16.5. The zero-order valence-electron chi connectivity index (χ0n) is 15.5. The molecular weight excluding hydrogens is 332 g/mol. The smallest absolute Gasteiger partial charge is 0.273 e. The van der Waals surface area contributed by atoms with Gasteiger partial charge in [0, 0.05) is 24.4 Å². The normalized spacial score (nSPS) is 11.8. The van der Waals surface area contributed by atoms with Crippen molar-refractivity contribution in [3.63, 3.8) is 0 Å². The highest BCUT2D eigenvalue weighted by Crippen LogP contribution is 2.20. The van der Waals surface area contributed by atoms with E-state index in [0.29, 0.717) is 12.4 Å². The van der Waals surface area contributed by atoms with E-state index in [-0.39, 0.29) is 36.0 Å². The Balaban J connectivity index is 2.05. The van der Waals surface area contributed by atoms with Crippen molar-refractivity contribution < 1.29 is 9.53 Å². The van der Waals surface area contributed by atoms with Crippen molar-refractivity contribution in [3.05, 3.63) is 40.3 Å². The van der Waals surface area contributed by atoms with Gasteiger partial charge < -0.3 is 15.0 Å². The fourth-order valence-corrected chi connectivity index (χ4v) is 2.29. The van der Waals surface area contributed by atoms with E-state index in [2.05, 4.69) is 20.5 Å². The molecule has 140 valence electrons. The van der Waals surface area contributed by atoms with Crippen LogP contribution in [0.4, 0.5) is 0 Å². The molecule has 0 aliphatic carbocycles. The largest absolute Gasteiger partial charge is 0.494 e. The molecule has 2 N–H and O–H groups in total. The maximum atomic E-state index is 12.2. The summed E-state index contributed by atoms with van der Waals surface area (Å²) in [6.45, 7) is 6.61. The number of nitrogens with one attached hydrogen (secondary N) is 2.